The van der Waals surface area contributed by atoms with E-state index in [0.717, 1.165) is 5.39 Å². The van der Waals surface area contributed by atoms with Crippen LogP contribution in [0.2, 0.25) is 0 Å². The normalized spacial score (nSPS) is 35.4. The largest absolute Gasteiger partial charge is 0.398 e. The molecule has 0 spiro atoms. The van der Waals surface area contributed by atoms with Crippen molar-refractivity contribution in [2.45, 2.75) is 49.7 Å². The van der Waals surface area contributed by atoms with E-state index >= 15 is 0 Å². The molecular formula is C22H26N8O9P2S2. The van der Waals surface area contributed by atoms with Gasteiger partial charge in [-0.1, -0.05) is 0 Å². The molecule has 0 aliphatic carbocycles. The molecule has 4 aromatic rings. The third-order valence-electron chi connectivity index (χ3n) is 7.37. The van der Waals surface area contributed by atoms with E-state index in [0.29, 0.717) is 11.3 Å². The van der Waals surface area contributed by atoms with E-state index in [4.69, 9.17) is 62.6 Å². The number of anilines is 2. The molecule has 2 unspecified atom stereocenters. The smallest absolute Gasteiger partial charge is 0.325 e. The van der Waals surface area contributed by atoms with Gasteiger partial charge in [0.15, 0.2) is 17.4 Å². The quantitative estimate of drug-likeness (QED) is 0.188. The second-order valence-electron chi connectivity index (χ2n) is 10.2. The topological polar surface area (TPSA) is 229 Å². The summed E-state index contributed by atoms with van der Waals surface area (Å²) in [6.45, 7) is -8.15. The second-order valence-corrected chi connectivity index (χ2v) is 15.8. The highest BCUT2D eigenvalue weighted by molar-refractivity contribution is 8.07. The molecule has 0 saturated carbocycles. The van der Waals surface area contributed by atoms with Gasteiger partial charge in [0.05, 0.1) is 31.7 Å². The Morgan fingerprint density at radius 1 is 0.953 bits per heavy atom. The van der Waals surface area contributed by atoms with Crippen LogP contribution in [0.25, 0.3) is 22.2 Å². The number of imidazole rings is 1. The number of nitrogens with two attached hydrogens (primary N) is 2. The van der Waals surface area contributed by atoms with Gasteiger partial charge in [-0.15, -0.1) is 0 Å². The van der Waals surface area contributed by atoms with Crippen molar-refractivity contribution in [1.82, 2.24) is 29.1 Å². The molecule has 2 bridgehead atoms. The van der Waals surface area contributed by atoms with E-state index in [-0.39, 0.29) is 43.2 Å². The van der Waals surface area contributed by atoms with Crippen LogP contribution in [0, 0.1) is 0 Å². The van der Waals surface area contributed by atoms with E-state index in [1.807, 2.05) is 6.07 Å². The van der Waals surface area contributed by atoms with Gasteiger partial charge < -0.3 is 53.4 Å². The summed E-state index contributed by atoms with van der Waals surface area (Å²) in [5, 5.41) is 0.749. The molecule has 7 rings (SSSR count). The fourth-order valence-corrected chi connectivity index (χ4v) is 8.42. The Morgan fingerprint density at radius 3 is 2.53 bits per heavy atom. The van der Waals surface area contributed by atoms with Crippen molar-refractivity contribution in [1.29, 1.82) is 0 Å². The molecule has 7 N–H and O–H groups in total. The van der Waals surface area contributed by atoms with Crippen LogP contribution in [0.3, 0.4) is 0 Å². The van der Waals surface area contributed by atoms with Crippen LogP contribution >= 0.6 is 13.4 Å². The van der Waals surface area contributed by atoms with Crippen LogP contribution in [-0.2, 0) is 51.2 Å². The molecule has 3 saturated heterocycles. The number of H-pyrrole nitrogens is 1. The maximum atomic E-state index is 12.3. The zero-order chi connectivity index (χ0) is 30.1. The van der Waals surface area contributed by atoms with Gasteiger partial charge in [0, 0.05) is 36.3 Å². The van der Waals surface area contributed by atoms with Gasteiger partial charge in [-0.2, -0.15) is 4.98 Å². The molecule has 3 fully saturated rings. The third-order valence-corrected chi connectivity index (χ3v) is 10.5. The van der Waals surface area contributed by atoms with E-state index in [9.17, 15) is 14.6 Å². The fraction of sp³-hybridized carbons (Fsp3) is 0.455. The minimum atomic E-state index is -3.91. The standard InChI is InChI=1S/C22H26N8O9P2S2/c23-12-1-3-25-18-11(12)2-4-29(18)16-6-13-15(37-16)8-35-41(33,43)39-14-5-10(7-34-40(32,42)38-13)36-21(14)30-9-26-17-19(30)27-22(24)28-20(17)31/h1-4,9-10,13-16,21H,5-8H2,(H2,23,25)(H,32,42)(H,33,43)(H3,24,27,28,31)/t10-,13+,14+,15+,16+,21+,40?,41?/m0/s1. The van der Waals surface area contributed by atoms with Gasteiger partial charge in [0.2, 0.25) is 5.95 Å². The summed E-state index contributed by atoms with van der Waals surface area (Å²) < 4.78 is 38.9. The molecule has 8 atom stereocenters. The zero-order valence-corrected chi connectivity index (χ0v) is 25.5. The molecule has 0 amide bonds. The summed E-state index contributed by atoms with van der Waals surface area (Å²) in [6.07, 6.45) is 0.385. The average Bonchev–Trinajstić information content (AvgIpc) is 3.71. The van der Waals surface area contributed by atoms with Crippen molar-refractivity contribution >= 4 is 70.9 Å². The number of aromatic amines is 1. The Labute approximate surface area is 252 Å². The van der Waals surface area contributed by atoms with Crippen molar-refractivity contribution < 1.29 is 37.4 Å². The number of pyridine rings is 1. The van der Waals surface area contributed by atoms with E-state index < -0.39 is 55.9 Å². The molecule has 17 nitrogen and oxygen atoms in total. The number of rotatable bonds is 2. The average molecular weight is 673 g/mol. The maximum absolute atomic E-state index is 12.3. The molecule has 43 heavy (non-hydrogen) atoms. The summed E-state index contributed by atoms with van der Waals surface area (Å²) in [6, 6.07) is 3.52. The number of aromatic nitrogens is 6. The lowest BCUT2D eigenvalue weighted by Crippen LogP contribution is -2.29. The lowest BCUT2D eigenvalue weighted by molar-refractivity contribution is -0.0594. The Hall–Kier alpha value is -2.38. The van der Waals surface area contributed by atoms with Gasteiger partial charge >= 0.3 is 13.4 Å². The molecule has 230 valence electrons. The molecule has 3 aliphatic rings. The van der Waals surface area contributed by atoms with E-state index in [2.05, 4.69) is 19.9 Å². The summed E-state index contributed by atoms with van der Waals surface area (Å²) >= 11 is 10.7. The van der Waals surface area contributed by atoms with Gasteiger partial charge in [-0.05, 0) is 35.7 Å². The van der Waals surface area contributed by atoms with Crippen LogP contribution in [0.1, 0.15) is 25.3 Å². The van der Waals surface area contributed by atoms with Crippen molar-refractivity contribution in [2.24, 2.45) is 0 Å². The second kappa shape index (κ2) is 10.9. The first-order valence-electron chi connectivity index (χ1n) is 13.0. The monoisotopic (exact) mass is 672 g/mol. The first-order valence-corrected chi connectivity index (χ1v) is 18.2. The Kier molecular flexibility index (Phi) is 7.44. The minimum absolute atomic E-state index is 0.0249. The number of fused-ring (bicyclic) bond motifs is 5. The molecule has 3 aliphatic heterocycles. The summed E-state index contributed by atoms with van der Waals surface area (Å²) in [5.41, 5.74) is 12.6. The van der Waals surface area contributed by atoms with Crippen molar-refractivity contribution in [2.75, 3.05) is 24.7 Å². The van der Waals surface area contributed by atoms with E-state index in [1.165, 1.54) is 10.9 Å². The Morgan fingerprint density at radius 2 is 1.72 bits per heavy atom. The molecule has 0 aromatic carbocycles. The molecular weight excluding hydrogens is 646 g/mol. The number of hydrogen-bond acceptors (Lipinski definition) is 14. The van der Waals surface area contributed by atoms with Crippen molar-refractivity contribution in [3.05, 3.63) is 41.2 Å². The van der Waals surface area contributed by atoms with Crippen LogP contribution in [-0.4, -0.2) is 76.5 Å². The summed E-state index contributed by atoms with van der Waals surface area (Å²) in [5.74, 6) is -0.123. The highest BCUT2D eigenvalue weighted by Crippen LogP contribution is 2.54. The molecule has 21 heteroatoms. The molecule has 0 radical (unpaired) electrons. The number of nitrogens with one attached hydrogen (secondary N) is 1. The van der Waals surface area contributed by atoms with E-state index in [1.54, 1.807) is 23.0 Å². The highest BCUT2D eigenvalue weighted by atomic mass is 32.5. The fourth-order valence-electron chi connectivity index (χ4n) is 5.48. The van der Waals surface area contributed by atoms with Gasteiger partial charge in [0.1, 0.15) is 24.1 Å². The predicted molar refractivity (Wildman–Crippen MR) is 158 cm³/mol. The molecule has 7 heterocycles. The van der Waals surface area contributed by atoms with Crippen molar-refractivity contribution in [3.8, 4) is 0 Å². The van der Waals surface area contributed by atoms with Gasteiger partial charge in [0.25, 0.3) is 5.56 Å². The predicted octanol–water partition coefficient (Wildman–Crippen LogP) is 1.16. The van der Waals surface area contributed by atoms with Crippen LogP contribution < -0.4 is 17.0 Å². The van der Waals surface area contributed by atoms with Crippen LogP contribution in [0.4, 0.5) is 11.6 Å². The van der Waals surface area contributed by atoms with Crippen LogP contribution in [0.5, 0.6) is 0 Å². The number of ether oxygens (including phenoxy) is 2. The molecule has 4 aromatic heterocycles. The number of nitrogens with zero attached hydrogens (tertiary/aromatic N) is 5. The first-order chi connectivity index (χ1) is 20.5. The SMILES string of the molecule is Nc1nc2c(ncn2[C@@H]2O[C@@H]3COP(O)(=S)O[C@@H]4C[C@H](n5ccc6c(N)ccnc65)O[C@@H]4COP(O)(=S)O[C@@H]2C3)c(=O)[nH]1. The summed E-state index contributed by atoms with van der Waals surface area (Å²) in [7, 11) is 0. The lowest BCUT2D eigenvalue weighted by atomic mass is 10.2. The Bertz CT molecular complexity index is 1870. The number of hydrogen-bond donors (Lipinski definition) is 5. The number of nitrogen functional groups attached to an aromatic ring is 2. The van der Waals surface area contributed by atoms with Gasteiger partial charge in [-0.25, -0.2) is 9.97 Å². The van der Waals surface area contributed by atoms with Crippen LogP contribution in [0.15, 0.2) is 35.6 Å². The third kappa shape index (κ3) is 5.65. The minimum Gasteiger partial charge on any atom is -0.398 e. The summed E-state index contributed by atoms with van der Waals surface area (Å²) in [4.78, 5) is 49.5. The van der Waals surface area contributed by atoms with Gasteiger partial charge in [-0.3, -0.25) is 14.3 Å². The zero-order valence-electron chi connectivity index (χ0n) is 22.0. The maximum Gasteiger partial charge on any atom is 0.325 e. The Balaban J connectivity index is 1.17. The highest BCUT2D eigenvalue weighted by Gasteiger charge is 2.45. The lowest BCUT2D eigenvalue weighted by Gasteiger charge is -2.27. The van der Waals surface area contributed by atoms with Crippen molar-refractivity contribution in [3.63, 3.8) is 0 Å². The first kappa shape index (κ1) is 29.3.